The van der Waals surface area contributed by atoms with Crippen LogP contribution in [0.4, 0.5) is 5.69 Å². The number of benzene rings is 2. The first-order chi connectivity index (χ1) is 12.0. The van der Waals surface area contributed by atoms with E-state index in [1.807, 2.05) is 66.9 Å². The van der Waals surface area contributed by atoms with E-state index in [9.17, 15) is 4.79 Å². The minimum Gasteiger partial charge on any atom is -0.325 e. The normalized spacial score (nSPS) is 12.0. The Hall–Kier alpha value is -2.12. The maximum Gasteiger partial charge on any atom is 0.237 e. The lowest BCUT2D eigenvalue weighted by Crippen LogP contribution is -2.22. The Bertz CT molecular complexity index is 879. The molecule has 1 amide bonds. The molecule has 1 aromatic heterocycles. The number of carbonyl (C=O) groups is 1. The van der Waals surface area contributed by atoms with Gasteiger partial charge in [0.05, 0.1) is 10.9 Å². The maximum absolute atomic E-state index is 12.4. The quantitative estimate of drug-likeness (QED) is 0.623. The molecule has 3 aromatic rings. The molecule has 1 heterocycles. The van der Waals surface area contributed by atoms with E-state index >= 15 is 0 Å². The van der Waals surface area contributed by atoms with Crippen molar-refractivity contribution in [2.24, 2.45) is 0 Å². The summed E-state index contributed by atoms with van der Waals surface area (Å²) in [6, 6.07) is 15.5. The lowest BCUT2D eigenvalue weighted by Gasteiger charge is -2.13. The zero-order chi connectivity index (χ0) is 17.8. The fourth-order valence-corrected chi connectivity index (χ4v) is 3.39. The third kappa shape index (κ3) is 4.29. The van der Waals surface area contributed by atoms with E-state index < -0.39 is 0 Å². The van der Waals surface area contributed by atoms with Crippen molar-refractivity contribution >= 4 is 39.3 Å². The number of carbonyl (C=O) groups excluding carboxylic acids is 1. The average molecular weight is 417 g/mol. The van der Waals surface area contributed by atoms with Crippen molar-refractivity contribution in [1.82, 2.24) is 14.8 Å². The summed E-state index contributed by atoms with van der Waals surface area (Å²) < 4.78 is 2.88. The van der Waals surface area contributed by atoms with Crippen LogP contribution in [-0.4, -0.2) is 25.9 Å². The second kappa shape index (κ2) is 7.84. The number of halogens is 1. The summed E-state index contributed by atoms with van der Waals surface area (Å²) in [6.07, 6.45) is 1.67. The Labute approximate surface area is 159 Å². The molecule has 128 valence electrons. The van der Waals surface area contributed by atoms with Crippen LogP contribution in [0.3, 0.4) is 0 Å². The first-order valence-corrected chi connectivity index (χ1v) is 9.41. The van der Waals surface area contributed by atoms with Crippen LogP contribution in [-0.2, 0) is 4.79 Å². The molecule has 1 N–H and O–H groups in total. The molecule has 3 rings (SSSR count). The molecule has 0 radical (unpaired) electrons. The number of thioether (sulfide) groups is 1. The molecule has 0 aliphatic carbocycles. The van der Waals surface area contributed by atoms with Crippen molar-refractivity contribution in [3.8, 4) is 5.69 Å². The SMILES string of the molecule is Cc1ccccc1-n1cnnc1SC(C)C(=O)Nc1ccc(Br)cc1. The topological polar surface area (TPSA) is 59.8 Å². The number of aryl methyl sites for hydroxylation is 1. The Morgan fingerprint density at radius 1 is 1.20 bits per heavy atom. The smallest absolute Gasteiger partial charge is 0.237 e. The molecule has 1 atom stereocenters. The highest BCUT2D eigenvalue weighted by atomic mass is 79.9. The molecule has 7 heteroatoms. The summed E-state index contributed by atoms with van der Waals surface area (Å²) in [5.74, 6) is -0.0772. The van der Waals surface area contributed by atoms with Crippen LogP contribution in [0.25, 0.3) is 5.69 Å². The summed E-state index contributed by atoms with van der Waals surface area (Å²) in [7, 11) is 0. The monoisotopic (exact) mass is 416 g/mol. The molecule has 0 aliphatic rings. The fourth-order valence-electron chi connectivity index (χ4n) is 2.29. The standard InChI is InChI=1S/C18H17BrN4OS/c1-12-5-3-4-6-16(12)23-11-20-22-18(23)25-13(2)17(24)21-15-9-7-14(19)8-10-15/h3-11,13H,1-2H3,(H,21,24). The lowest BCUT2D eigenvalue weighted by atomic mass is 10.2. The molecule has 5 nitrogen and oxygen atoms in total. The molecule has 0 spiro atoms. The van der Waals surface area contributed by atoms with Gasteiger partial charge in [-0.2, -0.15) is 0 Å². The largest absolute Gasteiger partial charge is 0.325 e. The highest BCUT2D eigenvalue weighted by Crippen LogP contribution is 2.26. The summed E-state index contributed by atoms with van der Waals surface area (Å²) >= 11 is 4.76. The lowest BCUT2D eigenvalue weighted by molar-refractivity contribution is -0.115. The molecule has 0 fully saturated rings. The highest BCUT2D eigenvalue weighted by molar-refractivity contribution is 9.10. The Balaban J connectivity index is 1.72. The van der Waals surface area contributed by atoms with Gasteiger partial charge in [0, 0.05) is 10.2 Å². The first kappa shape index (κ1) is 17.7. The van der Waals surface area contributed by atoms with E-state index in [1.165, 1.54) is 11.8 Å². The number of nitrogens with zero attached hydrogens (tertiary/aromatic N) is 3. The second-order valence-electron chi connectivity index (χ2n) is 5.53. The van der Waals surface area contributed by atoms with Gasteiger partial charge in [0.2, 0.25) is 5.91 Å². The number of anilines is 1. The van der Waals surface area contributed by atoms with Gasteiger partial charge >= 0.3 is 0 Å². The van der Waals surface area contributed by atoms with E-state index in [2.05, 4.69) is 31.4 Å². The molecule has 2 aromatic carbocycles. The second-order valence-corrected chi connectivity index (χ2v) is 7.75. The van der Waals surface area contributed by atoms with E-state index in [0.29, 0.717) is 5.16 Å². The van der Waals surface area contributed by atoms with Crippen LogP contribution in [0, 0.1) is 6.92 Å². The van der Waals surface area contributed by atoms with E-state index in [1.54, 1.807) is 6.33 Å². The average Bonchev–Trinajstić information content (AvgIpc) is 3.05. The Morgan fingerprint density at radius 3 is 2.64 bits per heavy atom. The molecule has 0 bridgehead atoms. The van der Waals surface area contributed by atoms with Gasteiger partial charge in [-0.15, -0.1) is 10.2 Å². The van der Waals surface area contributed by atoms with Crippen LogP contribution >= 0.6 is 27.7 Å². The molecular weight excluding hydrogens is 400 g/mol. The zero-order valence-corrected chi connectivity index (χ0v) is 16.2. The van der Waals surface area contributed by atoms with Crippen molar-refractivity contribution in [2.75, 3.05) is 5.32 Å². The van der Waals surface area contributed by atoms with Crippen molar-refractivity contribution in [2.45, 2.75) is 24.3 Å². The summed E-state index contributed by atoms with van der Waals surface area (Å²) in [5, 5.41) is 11.5. The fraction of sp³-hybridized carbons (Fsp3) is 0.167. The van der Waals surface area contributed by atoms with Crippen LogP contribution < -0.4 is 5.32 Å². The Kier molecular flexibility index (Phi) is 5.55. The van der Waals surface area contributed by atoms with Crippen LogP contribution in [0.1, 0.15) is 12.5 Å². The third-order valence-corrected chi connectivity index (χ3v) is 5.24. The number of amides is 1. The van der Waals surface area contributed by atoms with E-state index in [4.69, 9.17) is 0 Å². The summed E-state index contributed by atoms with van der Waals surface area (Å²) in [5.41, 5.74) is 2.90. The van der Waals surface area contributed by atoms with Crippen LogP contribution in [0.15, 0.2) is 64.5 Å². The van der Waals surface area contributed by atoms with Gasteiger partial charge in [0.25, 0.3) is 0 Å². The number of hydrogen-bond acceptors (Lipinski definition) is 4. The zero-order valence-electron chi connectivity index (χ0n) is 13.8. The van der Waals surface area contributed by atoms with Crippen LogP contribution in [0.5, 0.6) is 0 Å². The maximum atomic E-state index is 12.4. The minimum absolute atomic E-state index is 0.0772. The van der Waals surface area contributed by atoms with Crippen molar-refractivity contribution < 1.29 is 4.79 Å². The van der Waals surface area contributed by atoms with Gasteiger partial charge in [-0.1, -0.05) is 45.9 Å². The van der Waals surface area contributed by atoms with Gasteiger partial charge in [0.1, 0.15) is 6.33 Å². The Morgan fingerprint density at radius 2 is 1.92 bits per heavy atom. The van der Waals surface area contributed by atoms with Crippen molar-refractivity contribution in [3.05, 3.63) is 64.9 Å². The number of rotatable bonds is 5. The molecule has 0 aliphatic heterocycles. The van der Waals surface area contributed by atoms with Gasteiger partial charge < -0.3 is 5.32 Å². The van der Waals surface area contributed by atoms with Gasteiger partial charge in [-0.05, 0) is 49.7 Å². The van der Waals surface area contributed by atoms with Gasteiger partial charge in [-0.25, -0.2) is 0 Å². The molecular formula is C18H17BrN4OS. The number of para-hydroxylation sites is 1. The molecule has 25 heavy (non-hydrogen) atoms. The van der Waals surface area contributed by atoms with Crippen LogP contribution in [0.2, 0.25) is 0 Å². The summed E-state index contributed by atoms with van der Waals surface area (Å²) in [6.45, 7) is 3.89. The molecule has 1 unspecified atom stereocenters. The summed E-state index contributed by atoms with van der Waals surface area (Å²) in [4.78, 5) is 12.4. The van der Waals surface area contributed by atoms with E-state index in [0.717, 1.165) is 21.4 Å². The minimum atomic E-state index is -0.310. The highest BCUT2D eigenvalue weighted by Gasteiger charge is 2.19. The predicted octanol–water partition coefficient (Wildman–Crippen LogP) is 4.46. The number of nitrogens with one attached hydrogen (secondary N) is 1. The third-order valence-electron chi connectivity index (χ3n) is 3.65. The molecule has 0 saturated heterocycles. The molecule has 0 saturated carbocycles. The van der Waals surface area contributed by atoms with Gasteiger partial charge in [-0.3, -0.25) is 9.36 Å². The number of hydrogen-bond donors (Lipinski definition) is 1. The first-order valence-electron chi connectivity index (χ1n) is 7.73. The van der Waals surface area contributed by atoms with Crippen molar-refractivity contribution in [3.63, 3.8) is 0 Å². The van der Waals surface area contributed by atoms with Crippen molar-refractivity contribution in [1.29, 1.82) is 0 Å². The predicted molar refractivity (Wildman–Crippen MR) is 104 cm³/mol. The van der Waals surface area contributed by atoms with E-state index in [-0.39, 0.29) is 11.2 Å². The van der Waals surface area contributed by atoms with Gasteiger partial charge in [0.15, 0.2) is 5.16 Å². The number of aromatic nitrogens is 3.